The Morgan fingerprint density at radius 1 is 0.840 bits per heavy atom. The van der Waals surface area contributed by atoms with Crippen molar-refractivity contribution in [1.29, 1.82) is 0 Å². The lowest BCUT2D eigenvalue weighted by Crippen LogP contribution is -2.21. The third-order valence-corrected chi connectivity index (χ3v) is 3.08. The molecule has 0 aliphatic heterocycles. The van der Waals surface area contributed by atoms with Crippen molar-refractivity contribution in [1.82, 2.24) is 0 Å². The van der Waals surface area contributed by atoms with Crippen molar-refractivity contribution in [3.8, 4) is 0 Å². The molecule has 0 bridgehead atoms. The summed E-state index contributed by atoms with van der Waals surface area (Å²) in [6.07, 6.45) is 0. The molecular formula is C13H7N4O8-. The molecule has 0 radical (unpaired) electrons. The first-order chi connectivity index (χ1) is 11.7. The molecule has 0 fully saturated rings. The fourth-order valence-electron chi connectivity index (χ4n) is 1.95. The van der Waals surface area contributed by atoms with Gasteiger partial charge in [-0.15, -0.1) is 0 Å². The van der Waals surface area contributed by atoms with Crippen LogP contribution in [0.1, 0.15) is 10.4 Å². The second kappa shape index (κ2) is 6.57. The number of nitrogens with one attached hydrogen (secondary N) is 1. The number of nitrogens with zero attached hydrogens (tertiary/aromatic N) is 3. The quantitative estimate of drug-likeness (QED) is 0.598. The highest BCUT2D eigenvalue weighted by atomic mass is 16.6. The predicted octanol–water partition coefficient (Wildman–Crippen LogP) is 1.52. The lowest BCUT2D eigenvalue weighted by atomic mass is 10.1. The lowest BCUT2D eigenvalue weighted by Gasteiger charge is -2.09. The van der Waals surface area contributed by atoms with Crippen LogP contribution in [0.4, 0.5) is 28.4 Å². The largest absolute Gasteiger partial charge is 0.545 e. The standard InChI is InChI=1S/C13H8N4O8/c18-13(19)7-1-3-8(4-2-7)14-12-10(16(22)23)5-9(15(20)21)6-11(12)17(24)25/h1-6,14H,(H,18,19)/p-1. The number of anilines is 2. The number of non-ortho nitro benzene ring substituents is 1. The first kappa shape index (κ1) is 17.3. The number of benzene rings is 2. The van der Waals surface area contributed by atoms with E-state index in [1.165, 1.54) is 12.1 Å². The van der Waals surface area contributed by atoms with Crippen LogP contribution in [0.25, 0.3) is 0 Å². The molecule has 2 aromatic carbocycles. The molecule has 0 saturated carbocycles. The summed E-state index contributed by atoms with van der Waals surface area (Å²) in [4.78, 5) is 40.8. The summed E-state index contributed by atoms with van der Waals surface area (Å²) in [6, 6.07) is 5.84. The summed E-state index contributed by atoms with van der Waals surface area (Å²) in [5, 5.41) is 46.2. The molecule has 0 amide bonds. The van der Waals surface area contributed by atoms with Crippen molar-refractivity contribution in [2.45, 2.75) is 0 Å². The highest BCUT2D eigenvalue weighted by molar-refractivity contribution is 5.87. The summed E-state index contributed by atoms with van der Waals surface area (Å²) in [6.45, 7) is 0. The van der Waals surface area contributed by atoms with Crippen molar-refractivity contribution >= 4 is 34.4 Å². The summed E-state index contributed by atoms with van der Waals surface area (Å²) >= 11 is 0. The molecule has 0 spiro atoms. The van der Waals surface area contributed by atoms with E-state index >= 15 is 0 Å². The number of nitro benzene ring substituents is 3. The van der Waals surface area contributed by atoms with Gasteiger partial charge in [-0.2, -0.15) is 0 Å². The summed E-state index contributed by atoms with van der Waals surface area (Å²) in [7, 11) is 0. The molecule has 0 unspecified atom stereocenters. The Morgan fingerprint density at radius 2 is 1.32 bits per heavy atom. The molecule has 2 rings (SSSR count). The molecule has 1 N–H and O–H groups in total. The number of aromatic carboxylic acids is 1. The van der Waals surface area contributed by atoms with Crippen LogP contribution >= 0.6 is 0 Å². The van der Waals surface area contributed by atoms with Gasteiger partial charge >= 0.3 is 11.4 Å². The van der Waals surface area contributed by atoms with Gasteiger partial charge in [-0.1, -0.05) is 12.1 Å². The monoisotopic (exact) mass is 347 g/mol. The highest BCUT2D eigenvalue weighted by Crippen LogP contribution is 2.39. The van der Waals surface area contributed by atoms with Crippen molar-refractivity contribution in [2.24, 2.45) is 0 Å². The molecule has 0 aliphatic rings. The maximum Gasteiger partial charge on any atom is 0.306 e. The average Bonchev–Trinajstić information content (AvgIpc) is 2.54. The SMILES string of the molecule is O=C([O-])c1ccc(Nc2c([N+](=O)[O-])cc([N+](=O)[O-])cc2[N+](=O)[O-])cc1. The lowest BCUT2D eigenvalue weighted by molar-refractivity contribution is -0.401. The Labute approximate surface area is 137 Å². The topological polar surface area (TPSA) is 182 Å². The van der Waals surface area contributed by atoms with Gasteiger partial charge in [0, 0.05) is 5.69 Å². The summed E-state index contributed by atoms with van der Waals surface area (Å²) in [5.41, 5.74) is -3.18. The molecule has 0 saturated heterocycles. The van der Waals surface area contributed by atoms with Crippen LogP contribution in [0.5, 0.6) is 0 Å². The van der Waals surface area contributed by atoms with E-state index in [4.69, 9.17) is 0 Å². The van der Waals surface area contributed by atoms with Gasteiger partial charge in [-0.25, -0.2) is 0 Å². The maximum absolute atomic E-state index is 11.1. The molecule has 0 atom stereocenters. The van der Waals surface area contributed by atoms with E-state index in [0.29, 0.717) is 12.1 Å². The van der Waals surface area contributed by atoms with E-state index in [2.05, 4.69) is 5.32 Å². The van der Waals surface area contributed by atoms with E-state index in [0.717, 1.165) is 12.1 Å². The van der Waals surface area contributed by atoms with E-state index in [1.807, 2.05) is 0 Å². The molecule has 12 nitrogen and oxygen atoms in total. The molecule has 25 heavy (non-hydrogen) atoms. The fourth-order valence-corrected chi connectivity index (χ4v) is 1.95. The van der Waals surface area contributed by atoms with Crippen LogP contribution in [0.2, 0.25) is 0 Å². The van der Waals surface area contributed by atoms with Gasteiger partial charge in [0.15, 0.2) is 5.69 Å². The molecule has 2 aromatic rings. The number of carbonyl (C=O) groups excluding carboxylic acids is 1. The van der Waals surface area contributed by atoms with E-state index in [-0.39, 0.29) is 11.3 Å². The van der Waals surface area contributed by atoms with Gasteiger partial charge in [0.2, 0.25) is 0 Å². The van der Waals surface area contributed by atoms with Crippen LogP contribution in [0.3, 0.4) is 0 Å². The Morgan fingerprint density at radius 3 is 1.68 bits per heavy atom. The van der Waals surface area contributed by atoms with Crippen LogP contribution < -0.4 is 10.4 Å². The molecule has 128 valence electrons. The molecule has 0 aromatic heterocycles. The minimum atomic E-state index is -1.45. The van der Waals surface area contributed by atoms with Crippen molar-refractivity contribution < 1.29 is 24.7 Å². The number of carboxylic acids is 1. The molecule has 0 aliphatic carbocycles. The molecule has 12 heteroatoms. The molecular weight excluding hydrogens is 340 g/mol. The van der Waals surface area contributed by atoms with Crippen molar-refractivity contribution in [3.63, 3.8) is 0 Å². The van der Waals surface area contributed by atoms with Crippen LogP contribution in [0, 0.1) is 30.3 Å². The minimum absolute atomic E-state index is 0.102. The van der Waals surface area contributed by atoms with Gasteiger partial charge in [0.05, 0.1) is 32.9 Å². The highest BCUT2D eigenvalue weighted by Gasteiger charge is 2.30. The first-order valence-corrected chi connectivity index (χ1v) is 6.40. The number of hydrogen-bond donors (Lipinski definition) is 1. The minimum Gasteiger partial charge on any atom is -0.545 e. The van der Waals surface area contributed by atoms with Gasteiger partial charge in [-0.05, 0) is 17.7 Å². The third-order valence-electron chi connectivity index (χ3n) is 3.08. The second-order valence-electron chi connectivity index (χ2n) is 4.62. The van der Waals surface area contributed by atoms with Crippen LogP contribution in [-0.2, 0) is 0 Å². The van der Waals surface area contributed by atoms with E-state index in [9.17, 15) is 40.2 Å². The smallest absolute Gasteiger partial charge is 0.306 e. The zero-order valence-corrected chi connectivity index (χ0v) is 12.1. The number of hydrogen-bond acceptors (Lipinski definition) is 9. The average molecular weight is 347 g/mol. The van der Waals surface area contributed by atoms with E-state index in [1.54, 1.807) is 0 Å². The zero-order chi connectivity index (χ0) is 18.7. The normalized spacial score (nSPS) is 10.1. The van der Waals surface area contributed by atoms with Crippen molar-refractivity contribution in [3.05, 3.63) is 72.3 Å². The predicted molar refractivity (Wildman–Crippen MR) is 80.5 cm³/mol. The van der Waals surface area contributed by atoms with Gasteiger partial charge in [0.1, 0.15) is 0 Å². The van der Waals surface area contributed by atoms with Gasteiger partial charge in [-0.3, -0.25) is 30.3 Å². The number of rotatable bonds is 6. The van der Waals surface area contributed by atoms with E-state index < -0.39 is 43.5 Å². The first-order valence-electron chi connectivity index (χ1n) is 6.40. The Kier molecular flexibility index (Phi) is 4.54. The Hall–Kier alpha value is -4.09. The van der Waals surface area contributed by atoms with Crippen LogP contribution in [-0.4, -0.2) is 20.7 Å². The van der Waals surface area contributed by atoms with Gasteiger partial charge in [0.25, 0.3) is 5.69 Å². The van der Waals surface area contributed by atoms with Crippen molar-refractivity contribution in [2.75, 3.05) is 5.32 Å². The Balaban J connectivity index is 2.58. The number of carboxylic acid groups (broad SMARTS) is 1. The second-order valence-corrected chi connectivity index (χ2v) is 4.62. The number of nitro groups is 3. The number of carbonyl (C=O) groups is 1. The third kappa shape index (κ3) is 3.64. The fraction of sp³-hybridized carbons (Fsp3) is 0. The van der Waals surface area contributed by atoms with Crippen LogP contribution in [0.15, 0.2) is 36.4 Å². The molecule has 0 heterocycles. The summed E-state index contributed by atoms with van der Waals surface area (Å²) < 4.78 is 0. The van der Waals surface area contributed by atoms with Gasteiger partial charge < -0.3 is 15.2 Å². The maximum atomic E-state index is 11.1. The Bertz CT molecular complexity index is 858. The summed E-state index contributed by atoms with van der Waals surface area (Å²) in [5.74, 6) is -1.45. The zero-order valence-electron chi connectivity index (χ0n) is 12.1.